The van der Waals surface area contributed by atoms with E-state index in [4.69, 9.17) is 9.84 Å². The largest absolute Gasteiger partial charge is 0.481 e. The molecule has 1 N–H and O–H groups in total. The molecule has 0 amide bonds. The second kappa shape index (κ2) is 90.8. The standard InChI is InChI=1S/C14H19F.C14H20.C12H22O2.C11H20.C10H18O2.2C10H20.3C9H18.C8H15F.2C8H16/c1-10(2)9-14(11(3)4)12-5-7-13(15)8-6-12;1-11(2)10-14(12(3)4)13-8-6-5-7-9-13;1-6-14-12(13)8-11(10(4)5)7-9(2)3;1-8(2)7-11(9(3)4)10-5-6-10;1-7(2)5-9(8(3)4)6-10(11)12;1-7(2)9(5)10(6)8(3)4;1-6-10(9(4)5)7-8(2)3;3*1-7(2)6-9(5)8(3)4;1-6(2)5-8(9)7(3)4;2*1-7(2)5-6-8(3)4/h5-11H,1-4H3;5-12H,1-4H3;7,9-10H,6,8H2,1-5H3;7-10H,5-6H2,1-4H3;5,7-8H,6H2,1-4H3,(H,11,12);7-8H,1-6H3;7-9H,6H2,1-5H3;3*6-8H,1-5H3;5-7H,1-4H3;2*5-8H,1-4H3/b14-9-;14-10-;11-7+;11-7-;9-5+;10-9+;10-7+;2*9-6+;9-6-;8-5-;6-5+;6-5-. The summed E-state index contributed by atoms with van der Waals surface area (Å²) >= 11 is 0. The van der Waals surface area contributed by atoms with Gasteiger partial charge in [-0.05, 0) is 249 Å². The molecule has 2 aromatic rings. The second-order valence-corrected chi connectivity index (χ2v) is 46.9. The summed E-state index contributed by atoms with van der Waals surface area (Å²) in [5, 5.41) is 8.60. The molecule has 0 unspecified atom stereocenters. The number of halogens is 2. The zero-order chi connectivity index (χ0) is 111. The number of hydrogen-bond acceptors (Lipinski definition) is 3. The number of carbonyl (C=O) groups is 2. The van der Waals surface area contributed by atoms with Gasteiger partial charge in [0, 0.05) is 5.92 Å². The molecule has 0 bridgehead atoms. The van der Waals surface area contributed by atoms with E-state index in [1.54, 1.807) is 28.4 Å². The summed E-state index contributed by atoms with van der Waals surface area (Å²) in [6.07, 6.45) is 35.9. The number of benzene rings is 2. The van der Waals surface area contributed by atoms with Crippen molar-refractivity contribution >= 4 is 23.1 Å². The summed E-state index contributed by atoms with van der Waals surface area (Å²) in [5.41, 5.74) is 18.4. The number of rotatable bonds is 35. The lowest BCUT2D eigenvalue weighted by molar-refractivity contribution is -0.142. The third kappa shape index (κ3) is 107. The Kier molecular flexibility index (Phi) is 100. The van der Waals surface area contributed by atoms with Gasteiger partial charge in [-0.15, -0.1) is 0 Å². The van der Waals surface area contributed by atoms with Crippen LogP contribution in [0.15, 0.2) is 196 Å². The molecule has 1 saturated carbocycles. The monoisotopic (exact) mass is 1930 g/mol. The minimum absolute atomic E-state index is 0.00463. The fraction of sp³-hybridized carbons (Fsp3) is 0.697. The molecule has 0 heterocycles. The maximum atomic E-state index is 12.8. The Balaban J connectivity index is -0.000000162. The molecular formula is C132H240F2O4. The van der Waals surface area contributed by atoms with Crippen LogP contribution < -0.4 is 0 Å². The first-order valence-electron chi connectivity index (χ1n) is 55.0. The van der Waals surface area contributed by atoms with E-state index in [-0.39, 0.29) is 30.0 Å². The molecule has 1 aliphatic carbocycles. The molecule has 0 saturated heterocycles. The van der Waals surface area contributed by atoms with Gasteiger partial charge in [-0.1, -0.05) is 545 Å². The van der Waals surface area contributed by atoms with Crippen molar-refractivity contribution in [2.75, 3.05) is 6.61 Å². The van der Waals surface area contributed by atoms with Crippen molar-refractivity contribution in [3.05, 3.63) is 213 Å². The van der Waals surface area contributed by atoms with Crippen molar-refractivity contribution in [3.8, 4) is 0 Å². The van der Waals surface area contributed by atoms with E-state index in [0.29, 0.717) is 143 Å². The molecule has 0 spiro atoms. The summed E-state index contributed by atoms with van der Waals surface area (Å²) in [4.78, 5) is 21.7. The number of carboxylic acids is 1. The molecule has 0 aromatic heterocycles. The Labute approximate surface area is 865 Å². The highest BCUT2D eigenvalue weighted by Crippen LogP contribution is 2.40. The molecule has 6 heteroatoms. The van der Waals surface area contributed by atoms with Gasteiger partial charge in [0.25, 0.3) is 0 Å². The van der Waals surface area contributed by atoms with Crippen LogP contribution in [0.25, 0.3) is 11.1 Å². The zero-order valence-corrected chi connectivity index (χ0v) is 103. The molecule has 0 aliphatic heterocycles. The Morgan fingerprint density at radius 1 is 0.304 bits per heavy atom. The average molecular weight is 1930 g/mol. The molecular weight excluding hydrogens is 1690 g/mol. The SMILES string of the molecule is C/C(=C(/C)C(C)C)C(C)C.C/C(=C/C(C)C)C(C)C.C/C(=C\C(C)C)C(C)C.C/C(=C\C(C)C)C(C)C.CC(C)/C=C(/C(C)C)C1CC1.CC(C)/C=C(\CC(=O)O)C(C)C.CC(C)/C=C(\F)C(C)C.CC(C)/C=C(\c1ccc(F)cc1)C(C)C.CC(C)/C=C(\c1ccccc1)C(C)C.CC(C)/C=C/C(C)C.CC(C)/C=C\C(C)C.CC/C(=C\C(C)C)C(C)C.CCOC(=O)C/C(=C\C(C)C)C(C)C. The summed E-state index contributed by atoms with van der Waals surface area (Å²) < 4.78 is 30.4. The van der Waals surface area contributed by atoms with Crippen LogP contribution in [0.3, 0.4) is 0 Å². The van der Waals surface area contributed by atoms with Gasteiger partial charge in [-0.25, -0.2) is 8.78 Å². The summed E-state index contributed by atoms with van der Waals surface area (Å²) in [6.45, 7) is 129. The van der Waals surface area contributed by atoms with Crippen LogP contribution in [0.4, 0.5) is 8.78 Å². The highest BCUT2D eigenvalue weighted by molar-refractivity contribution is 5.72. The number of ether oxygens (including phenoxy) is 1. The van der Waals surface area contributed by atoms with E-state index in [2.05, 4.69) is 463 Å². The lowest BCUT2D eigenvalue weighted by atomic mass is 9.92. The topological polar surface area (TPSA) is 63.6 Å². The summed E-state index contributed by atoms with van der Waals surface area (Å²) in [6, 6.07) is 17.4. The van der Waals surface area contributed by atoms with Crippen molar-refractivity contribution in [2.45, 2.75) is 441 Å². The quantitative estimate of drug-likeness (QED) is 0.0552. The Morgan fingerprint density at radius 3 is 0.754 bits per heavy atom. The number of carboxylic acid groups (broad SMARTS) is 1. The highest BCUT2D eigenvalue weighted by Gasteiger charge is 2.27. The van der Waals surface area contributed by atoms with Crippen LogP contribution in [0.1, 0.15) is 452 Å². The molecule has 2 aromatic carbocycles. The first kappa shape index (κ1) is 152. The normalized spacial score (nSPS) is 13.5. The van der Waals surface area contributed by atoms with Crippen LogP contribution in [0, 0.1) is 166 Å². The number of aliphatic carboxylic acids is 1. The number of allylic oxidation sites excluding steroid dienone is 24. The number of carbonyl (C=O) groups excluding carboxylic acids is 1. The van der Waals surface area contributed by atoms with Gasteiger partial charge in [0.05, 0.1) is 25.3 Å². The lowest BCUT2D eigenvalue weighted by Gasteiger charge is -2.13. The van der Waals surface area contributed by atoms with Crippen LogP contribution in [-0.4, -0.2) is 23.7 Å². The Morgan fingerprint density at radius 2 is 0.572 bits per heavy atom. The molecule has 1 fully saturated rings. The third-order valence-electron chi connectivity index (χ3n) is 21.8. The van der Waals surface area contributed by atoms with E-state index in [9.17, 15) is 18.4 Å². The Bertz CT molecular complexity index is 3490. The first-order chi connectivity index (χ1) is 63.1. The van der Waals surface area contributed by atoms with Crippen molar-refractivity contribution in [1.82, 2.24) is 0 Å². The van der Waals surface area contributed by atoms with Gasteiger partial charge in [0.15, 0.2) is 0 Å². The molecule has 806 valence electrons. The predicted molar refractivity (Wildman–Crippen MR) is 631 cm³/mol. The van der Waals surface area contributed by atoms with E-state index in [1.807, 2.05) is 66.7 Å². The molecule has 0 radical (unpaired) electrons. The maximum Gasteiger partial charge on any atom is 0.309 e. The summed E-state index contributed by atoms with van der Waals surface area (Å²) in [7, 11) is 0. The fourth-order valence-electron chi connectivity index (χ4n) is 12.8. The van der Waals surface area contributed by atoms with Crippen LogP contribution in [0.5, 0.6) is 0 Å². The fourth-order valence-corrected chi connectivity index (χ4v) is 12.8. The number of esters is 1. The molecule has 4 nitrogen and oxygen atoms in total. The van der Waals surface area contributed by atoms with Crippen LogP contribution in [-0.2, 0) is 14.3 Å². The van der Waals surface area contributed by atoms with Crippen LogP contribution in [0.2, 0.25) is 0 Å². The van der Waals surface area contributed by atoms with E-state index < -0.39 is 5.97 Å². The average Bonchev–Trinajstić information content (AvgIpc) is 1.67. The number of hydrogen-bond donors (Lipinski definition) is 1. The maximum absolute atomic E-state index is 12.8. The minimum Gasteiger partial charge on any atom is -0.481 e. The van der Waals surface area contributed by atoms with E-state index in [1.165, 1.54) is 70.4 Å². The van der Waals surface area contributed by atoms with Gasteiger partial charge in [-0.3, -0.25) is 9.59 Å². The smallest absolute Gasteiger partial charge is 0.309 e. The molecule has 3 rings (SSSR count). The van der Waals surface area contributed by atoms with Gasteiger partial charge < -0.3 is 9.84 Å². The van der Waals surface area contributed by atoms with Crippen molar-refractivity contribution in [3.63, 3.8) is 0 Å². The van der Waals surface area contributed by atoms with Crippen molar-refractivity contribution < 1.29 is 28.2 Å². The first-order valence-corrected chi connectivity index (χ1v) is 55.0. The van der Waals surface area contributed by atoms with E-state index in [0.717, 1.165) is 34.8 Å². The van der Waals surface area contributed by atoms with Gasteiger partial charge in [0.2, 0.25) is 0 Å². The van der Waals surface area contributed by atoms with Gasteiger partial charge >= 0.3 is 11.9 Å². The van der Waals surface area contributed by atoms with Gasteiger partial charge in [-0.2, -0.15) is 0 Å². The van der Waals surface area contributed by atoms with Crippen molar-refractivity contribution in [2.24, 2.45) is 160 Å². The minimum atomic E-state index is -0.740. The molecule has 138 heavy (non-hydrogen) atoms. The third-order valence-corrected chi connectivity index (χ3v) is 21.8. The van der Waals surface area contributed by atoms with Crippen LogP contribution >= 0.6 is 0 Å². The Hall–Kier alpha value is -6.14. The summed E-state index contributed by atoms with van der Waals surface area (Å²) in [5.74, 6) is 15.6. The predicted octanol–water partition coefficient (Wildman–Crippen LogP) is 44.3. The van der Waals surface area contributed by atoms with Gasteiger partial charge in [0.1, 0.15) is 5.82 Å². The lowest BCUT2D eigenvalue weighted by Crippen LogP contribution is -2.08. The molecule has 0 atom stereocenters. The second-order valence-electron chi connectivity index (χ2n) is 46.9. The van der Waals surface area contributed by atoms with Crippen molar-refractivity contribution in [1.29, 1.82) is 0 Å². The molecule has 1 aliphatic rings. The zero-order valence-electron chi connectivity index (χ0n) is 103. The highest BCUT2D eigenvalue weighted by atomic mass is 19.1. The van der Waals surface area contributed by atoms with E-state index >= 15 is 0 Å².